The van der Waals surface area contributed by atoms with Gasteiger partial charge in [0.2, 0.25) is 0 Å². The molecule has 0 aliphatic heterocycles. The normalized spacial score (nSPS) is 11.6. The number of hydrogen-bond acceptors (Lipinski definition) is 1. The topological polar surface area (TPSA) is 3.24 Å². The molecule has 182 valence electrons. The van der Waals surface area contributed by atoms with Crippen molar-refractivity contribution in [2.45, 2.75) is 110 Å². The zero-order valence-corrected chi connectivity index (χ0v) is 21.4. The summed E-state index contributed by atoms with van der Waals surface area (Å²) >= 11 is 0. The van der Waals surface area contributed by atoms with Gasteiger partial charge in [0.15, 0.2) is 0 Å². The number of allylic oxidation sites excluding steroid dienone is 2. The van der Waals surface area contributed by atoms with E-state index in [9.17, 15) is 0 Å². The zero-order chi connectivity index (χ0) is 23.2. The highest BCUT2D eigenvalue weighted by Crippen LogP contribution is 2.13. The van der Waals surface area contributed by atoms with E-state index in [4.69, 9.17) is 0 Å². The highest BCUT2D eigenvalue weighted by atomic mass is 15.1. The fourth-order valence-corrected chi connectivity index (χ4v) is 4.48. The minimum Gasteiger partial charge on any atom is -0.295 e. The van der Waals surface area contributed by atoms with Crippen molar-refractivity contribution in [3.05, 3.63) is 83.9 Å². The van der Waals surface area contributed by atoms with Crippen molar-refractivity contribution in [2.75, 3.05) is 6.54 Å². The van der Waals surface area contributed by atoms with Crippen molar-refractivity contribution < 1.29 is 0 Å². The molecule has 1 heteroatoms. The average molecular weight is 448 g/mol. The van der Waals surface area contributed by atoms with Crippen molar-refractivity contribution in [2.24, 2.45) is 0 Å². The molecule has 0 unspecified atom stereocenters. The van der Waals surface area contributed by atoms with Gasteiger partial charge in [-0.05, 0) is 49.8 Å². The molecule has 0 radical (unpaired) electrons. The van der Waals surface area contributed by atoms with E-state index in [2.05, 4.69) is 84.6 Å². The lowest BCUT2D eigenvalue weighted by Gasteiger charge is -2.22. The van der Waals surface area contributed by atoms with E-state index in [1.807, 2.05) is 0 Å². The summed E-state index contributed by atoms with van der Waals surface area (Å²) in [7, 11) is 0. The van der Waals surface area contributed by atoms with Gasteiger partial charge in [-0.3, -0.25) is 4.90 Å². The Bertz CT molecular complexity index is 649. The largest absolute Gasteiger partial charge is 0.295 e. The van der Waals surface area contributed by atoms with Gasteiger partial charge in [-0.2, -0.15) is 0 Å². The summed E-state index contributed by atoms with van der Waals surface area (Å²) in [4.78, 5) is 2.60. The average Bonchev–Trinajstić information content (AvgIpc) is 2.85. The van der Waals surface area contributed by atoms with Gasteiger partial charge in [-0.25, -0.2) is 0 Å². The first-order valence-corrected chi connectivity index (χ1v) is 13.8. The van der Waals surface area contributed by atoms with Gasteiger partial charge in [0.05, 0.1) is 0 Å². The van der Waals surface area contributed by atoms with Crippen molar-refractivity contribution in [3.63, 3.8) is 0 Å². The third-order valence-corrected chi connectivity index (χ3v) is 6.48. The van der Waals surface area contributed by atoms with E-state index in [1.54, 1.807) is 0 Å². The number of rotatable bonds is 20. The van der Waals surface area contributed by atoms with Crippen molar-refractivity contribution in [3.8, 4) is 0 Å². The lowest BCUT2D eigenvalue weighted by atomic mass is 10.1. The first kappa shape index (κ1) is 27.4. The summed E-state index contributed by atoms with van der Waals surface area (Å²) in [5.41, 5.74) is 2.81. The molecule has 0 aliphatic carbocycles. The van der Waals surface area contributed by atoms with Crippen LogP contribution in [-0.2, 0) is 13.1 Å². The van der Waals surface area contributed by atoms with Crippen molar-refractivity contribution in [1.29, 1.82) is 0 Å². The van der Waals surface area contributed by atoms with Crippen LogP contribution in [0.25, 0.3) is 0 Å². The molecular weight excluding hydrogens is 398 g/mol. The Labute approximate surface area is 205 Å². The number of benzene rings is 2. The Morgan fingerprint density at radius 1 is 0.515 bits per heavy atom. The van der Waals surface area contributed by atoms with Crippen LogP contribution in [0.3, 0.4) is 0 Å². The molecule has 2 aromatic rings. The predicted molar refractivity (Wildman–Crippen MR) is 146 cm³/mol. The van der Waals surface area contributed by atoms with Crippen LogP contribution in [0.1, 0.15) is 108 Å². The molecule has 0 fully saturated rings. The maximum absolute atomic E-state index is 2.60. The molecule has 0 N–H and O–H groups in total. The second kappa shape index (κ2) is 19.6. The molecule has 1 nitrogen and oxygen atoms in total. The smallest absolute Gasteiger partial charge is 0.0237 e. The summed E-state index contributed by atoms with van der Waals surface area (Å²) in [6.07, 6.45) is 24.1. The molecule has 0 aromatic heterocycles. The molecule has 2 rings (SSSR count). The summed E-state index contributed by atoms with van der Waals surface area (Å²) < 4.78 is 0. The van der Waals surface area contributed by atoms with Crippen LogP contribution >= 0.6 is 0 Å². The monoisotopic (exact) mass is 447 g/mol. The van der Waals surface area contributed by atoms with Crippen LogP contribution in [0.5, 0.6) is 0 Å². The number of unbranched alkanes of at least 4 members (excludes halogenated alkanes) is 12. The van der Waals surface area contributed by atoms with Gasteiger partial charge >= 0.3 is 0 Å². The first-order chi connectivity index (χ1) is 16.4. The third-order valence-electron chi connectivity index (χ3n) is 6.48. The van der Waals surface area contributed by atoms with Gasteiger partial charge in [0, 0.05) is 13.1 Å². The predicted octanol–water partition coefficient (Wildman–Crippen LogP) is 9.73. The standard InChI is InChI=1S/C32H49N/c1-2-3-4-5-6-7-8-9-10-11-12-13-14-15-16-23-28-33(29-31-24-19-17-20-25-31)30-32-26-21-18-22-27-32/h13-14,17-22,24-27H,2-12,15-16,23,28-30H2,1H3/b14-13+. The van der Waals surface area contributed by atoms with Gasteiger partial charge in [0.1, 0.15) is 0 Å². The van der Waals surface area contributed by atoms with E-state index in [-0.39, 0.29) is 0 Å². The van der Waals surface area contributed by atoms with Crippen LogP contribution in [0.2, 0.25) is 0 Å². The zero-order valence-electron chi connectivity index (χ0n) is 21.4. The molecular formula is C32H49N. The first-order valence-electron chi connectivity index (χ1n) is 13.8. The number of nitrogens with zero attached hydrogens (tertiary/aromatic N) is 1. The van der Waals surface area contributed by atoms with E-state index in [0.29, 0.717) is 0 Å². The fourth-order valence-electron chi connectivity index (χ4n) is 4.48. The maximum atomic E-state index is 2.60. The van der Waals surface area contributed by atoms with E-state index < -0.39 is 0 Å². The molecule has 0 aliphatic rings. The molecule has 0 amide bonds. The third kappa shape index (κ3) is 14.8. The molecule has 0 bridgehead atoms. The van der Waals surface area contributed by atoms with Crippen LogP contribution in [0.4, 0.5) is 0 Å². The van der Waals surface area contributed by atoms with E-state index in [0.717, 1.165) is 19.6 Å². The van der Waals surface area contributed by atoms with Gasteiger partial charge in [-0.15, -0.1) is 0 Å². The second-order valence-corrected chi connectivity index (χ2v) is 9.62. The molecule has 0 heterocycles. The Hall–Kier alpha value is -1.86. The Morgan fingerprint density at radius 3 is 1.42 bits per heavy atom. The minimum absolute atomic E-state index is 1.03. The highest BCUT2D eigenvalue weighted by molar-refractivity contribution is 5.17. The van der Waals surface area contributed by atoms with Crippen LogP contribution < -0.4 is 0 Å². The Morgan fingerprint density at radius 2 is 0.939 bits per heavy atom. The van der Waals surface area contributed by atoms with Crippen LogP contribution in [-0.4, -0.2) is 11.4 Å². The fraction of sp³-hybridized carbons (Fsp3) is 0.562. The molecule has 0 spiro atoms. The van der Waals surface area contributed by atoms with Gasteiger partial charge in [-0.1, -0.05) is 138 Å². The second-order valence-electron chi connectivity index (χ2n) is 9.62. The lowest BCUT2D eigenvalue weighted by molar-refractivity contribution is 0.251. The molecule has 33 heavy (non-hydrogen) atoms. The van der Waals surface area contributed by atoms with Crippen LogP contribution in [0.15, 0.2) is 72.8 Å². The summed E-state index contributed by atoms with van der Waals surface area (Å²) in [5.74, 6) is 0. The molecule has 0 atom stereocenters. The lowest BCUT2D eigenvalue weighted by Crippen LogP contribution is -2.24. The van der Waals surface area contributed by atoms with Crippen LogP contribution in [0, 0.1) is 0 Å². The quantitative estimate of drug-likeness (QED) is 0.144. The Kier molecular flexibility index (Phi) is 16.3. The van der Waals surface area contributed by atoms with Crippen molar-refractivity contribution >= 4 is 0 Å². The van der Waals surface area contributed by atoms with E-state index >= 15 is 0 Å². The maximum Gasteiger partial charge on any atom is 0.0237 e. The van der Waals surface area contributed by atoms with Gasteiger partial charge < -0.3 is 0 Å². The summed E-state index contributed by atoms with van der Waals surface area (Å²) in [6.45, 7) is 5.52. The highest BCUT2D eigenvalue weighted by Gasteiger charge is 2.07. The Balaban J connectivity index is 1.51. The van der Waals surface area contributed by atoms with E-state index in [1.165, 1.54) is 101 Å². The van der Waals surface area contributed by atoms with Gasteiger partial charge in [0.25, 0.3) is 0 Å². The summed E-state index contributed by atoms with van der Waals surface area (Å²) in [6, 6.07) is 21.8. The molecule has 2 aromatic carbocycles. The number of hydrogen-bond donors (Lipinski definition) is 0. The molecule has 0 saturated carbocycles. The minimum atomic E-state index is 1.03. The van der Waals surface area contributed by atoms with Crippen molar-refractivity contribution in [1.82, 2.24) is 4.90 Å². The summed E-state index contributed by atoms with van der Waals surface area (Å²) in [5, 5.41) is 0. The molecule has 0 saturated heterocycles. The SMILES string of the molecule is CCCCCCCCCCCC/C=C/CCCCN(Cc1ccccc1)Cc1ccccc1.